The average molecular weight is 284 g/mol. The van der Waals surface area contributed by atoms with Gasteiger partial charge in [0.15, 0.2) is 5.76 Å². The van der Waals surface area contributed by atoms with Crippen LogP contribution in [-0.4, -0.2) is 29.1 Å². The second-order valence-corrected chi connectivity index (χ2v) is 4.76. The van der Waals surface area contributed by atoms with Crippen LogP contribution in [0, 0.1) is 15.5 Å². The molecule has 1 aromatic rings. The number of carbonyl (C=O) groups excluding carboxylic acids is 1. The minimum Gasteiger partial charge on any atom is -0.396 e. The van der Waals surface area contributed by atoms with E-state index in [1.54, 1.807) is 0 Å². The Kier molecular flexibility index (Phi) is 5.69. The number of aliphatic hydroxyl groups is 1. The van der Waals surface area contributed by atoms with E-state index in [0.717, 1.165) is 18.9 Å². The molecule has 7 nitrogen and oxygen atoms in total. The normalized spacial score (nSPS) is 11.3. The van der Waals surface area contributed by atoms with Crippen LogP contribution in [0.25, 0.3) is 0 Å². The van der Waals surface area contributed by atoms with Crippen LogP contribution in [0.15, 0.2) is 16.5 Å². The smallest absolute Gasteiger partial charge is 0.396 e. The first-order valence-electron chi connectivity index (χ1n) is 6.61. The lowest BCUT2D eigenvalue weighted by Crippen LogP contribution is -2.37. The number of rotatable bonds is 8. The van der Waals surface area contributed by atoms with E-state index in [0.29, 0.717) is 13.0 Å². The molecule has 0 aliphatic rings. The molecule has 0 aromatic carbocycles. The summed E-state index contributed by atoms with van der Waals surface area (Å²) in [5.74, 6) is -1.02. The molecule has 7 heteroatoms. The quantitative estimate of drug-likeness (QED) is 0.561. The summed E-state index contributed by atoms with van der Waals surface area (Å²) in [7, 11) is 0. The number of nitrogens with one attached hydrogen (secondary N) is 1. The van der Waals surface area contributed by atoms with Gasteiger partial charge in [-0.2, -0.15) is 0 Å². The van der Waals surface area contributed by atoms with Crippen LogP contribution in [0.3, 0.4) is 0 Å². The van der Waals surface area contributed by atoms with E-state index < -0.39 is 16.7 Å². The van der Waals surface area contributed by atoms with Gasteiger partial charge in [0.1, 0.15) is 4.92 Å². The van der Waals surface area contributed by atoms with Gasteiger partial charge in [-0.1, -0.05) is 13.8 Å². The molecule has 0 aliphatic heterocycles. The molecular weight excluding hydrogens is 264 g/mol. The Labute approximate surface area is 117 Å². The van der Waals surface area contributed by atoms with Gasteiger partial charge in [-0.3, -0.25) is 14.9 Å². The SMILES string of the molecule is CCC(CC)(CCO)CNC(=O)c1ccc([N+](=O)[O-])o1. The number of hydrogen-bond donors (Lipinski definition) is 2. The predicted molar refractivity (Wildman–Crippen MR) is 72.4 cm³/mol. The lowest BCUT2D eigenvalue weighted by Gasteiger charge is -2.31. The number of nitro groups is 1. The first-order valence-corrected chi connectivity index (χ1v) is 6.61. The molecule has 1 rings (SSSR count). The van der Waals surface area contributed by atoms with Crippen molar-refractivity contribution in [2.45, 2.75) is 33.1 Å². The molecule has 2 N–H and O–H groups in total. The van der Waals surface area contributed by atoms with Crippen molar-refractivity contribution >= 4 is 11.8 Å². The second kappa shape index (κ2) is 7.04. The van der Waals surface area contributed by atoms with Crippen molar-refractivity contribution in [2.75, 3.05) is 13.2 Å². The Morgan fingerprint density at radius 1 is 1.45 bits per heavy atom. The van der Waals surface area contributed by atoms with Crippen molar-refractivity contribution in [2.24, 2.45) is 5.41 Å². The third-order valence-electron chi connectivity index (χ3n) is 3.76. The fourth-order valence-electron chi connectivity index (χ4n) is 2.08. The van der Waals surface area contributed by atoms with E-state index in [1.165, 1.54) is 6.07 Å². The van der Waals surface area contributed by atoms with Gasteiger partial charge in [-0.05, 0) is 30.7 Å². The van der Waals surface area contributed by atoms with Crippen molar-refractivity contribution in [3.05, 3.63) is 28.0 Å². The number of carbonyl (C=O) groups is 1. The van der Waals surface area contributed by atoms with Crippen molar-refractivity contribution in [1.29, 1.82) is 0 Å². The molecule has 0 bridgehead atoms. The molecule has 1 aromatic heterocycles. The Morgan fingerprint density at radius 2 is 2.10 bits per heavy atom. The predicted octanol–water partition coefficient (Wildman–Crippen LogP) is 2.11. The Balaban J connectivity index is 2.67. The minimum atomic E-state index is -0.690. The van der Waals surface area contributed by atoms with Crippen LogP contribution in [0.4, 0.5) is 5.88 Å². The van der Waals surface area contributed by atoms with Crippen molar-refractivity contribution in [1.82, 2.24) is 5.32 Å². The van der Waals surface area contributed by atoms with E-state index in [1.807, 2.05) is 13.8 Å². The topological polar surface area (TPSA) is 106 Å². The van der Waals surface area contributed by atoms with Crippen LogP contribution >= 0.6 is 0 Å². The van der Waals surface area contributed by atoms with E-state index >= 15 is 0 Å². The standard InChI is InChI=1S/C13H20N2O5/c1-3-13(4-2,7-8-16)9-14-12(17)10-5-6-11(20-10)15(18)19/h5-6,16H,3-4,7-9H2,1-2H3,(H,14,17). The minimum absolute atomic E-state index is 0.0593. The molecule has 0 unspecified atom stereocenters. The second-order valence-electron chi connectivity index (χ2n) is 4.76. The largest absolute Gasteiger partial charge is 0.433 e. The molecule has 0 saturated heterocycles. The summed E-state index contributed by atoms with van der Waals surface area (Å²) >= 11 is 0. The summed E-state index contributed by atoms with van der Waals surface area (Å²) in [5.41, 5.74) is -0.164. The molecule has 0 fully saturated rings. The van der Waals surface area contributed by atoms with E-state index in [4.69, 9.17) is 9.52 Å². The van der Waals surface area contributed by atoms with Gasteiger partial charge in [-0.25, -0.2) is 0 Å². The number of amides is 1. The number of hydrogen-bond acceptors (Lipinski definition) is 5. The molecule has 0 atom stereocenters. The van der Waals surface area contributed by atoms with Gasteiger partial charge in [0.2, 0.25) is 0 Å². The molecule has 0 aliphatic carbocycles. The first kappa shape index (κ1) is 16.2. The van der Waals surface area contributed by atoms with Crippen LogP contribution in [0.1, 0.15) is 43.7 Å². The number of nitrogens with zero attached hydrogens (tertiary/aromatic N) is 1. The zero-order valence-corrected chi connectivity index (χ0v) is 11.7. The highest BCUT2D eigenvalue weighted by Crippen LogP contribution is 2.29. The van der Waals surface area contributed by atoms with Gasteiger partial charge in [0.05, 0.1) is 6.07 Å². The van der Waals surface area contributed by atoms with Crippen LogP contribution in [-0.2, 0) is 0 Å². The fraction of sp³-hybridized carbons (Fsp3) is 0.615. The maximum Gasteiger partial charge on any atom is 0.433 e. The van der Waals surface area contributed by atoms with E-state index in [-0.39, 0.29) is 17.8 Å². The summed E-state index contributed by atoms with van der Waals surface area (Å²) in [6.07, 6.45) is 2.24. The highest BCUT2D eigenvalue weighted by molar-refractivity contribution is 5.91. The molecular formula is C13H20N2O5. The van der Waals surface area contributed by atoms with Gasteiger partial charge in [-0.15, -0.1) is 0 Å². The van der Waals surface area contributed by atoms with Crippen LogP contribution in [0.2, 0.25) is 0 Å². The van der Waals surface area contributed by atoms with Crippen LogP contribution < -0.4 is 5.32 Å². The molecule has 0 radical (unpaired) electrons. The van der Waals surface area contributed by atoms with E-state index in [9.17, 15) is 14.9 Å². The third kappa shape index (κ3) is 3.80. The molecule has 1 heterocycles. The van der Waals surface area contributed by atoms with Crippen LogP contribution in [0.5, 0.6) is 0 Å². The Morgan fingerprint density at radius 3 is 2.55 bits per heavy atom. The van der Waals surface area contributed by atoms with Gasteiger partial charge >= 0.3 is 5.88 Å². The summed E-state index contributed by atoms with van der Waals surface area (Å²) in [4.78, 5) is 21.7. The maximum atomic E-state index is 11.9. The molecule has 0 spiro atoms. The summed E-state index contributed by atoms with van der Waals surface area (Å²) in [6.45, 7) is 4.46. The zero-order valence-electron chi connectivity index (χ0n) is 11.7. The lowest BCUT2D eigenvalue weighted by molar-refractivity contribution is -0.402. The van der Waals surface area contributed by atoms with Gasteiger partial charge in [0, 0.05) is 13.2 Å². The Hall–Kier alpha value is -1.89. The molecule has 20 heavy (non-hydrogen) atoms. The van der Waals surface area contributed by atoms with Gasteiger partial charge in [0.25, 0.3) is 5.91 Å². The summed E-state index contributed by atoms with van der Waals surface area (Å²) in [6, 6.07) is 2.43. The highest BCUT2D eigenvalue weighted by Gasteiger charge is 2.27. The van der Waals surface area contributed by atoms with Crippen molar-refractivity contribution < 1.29 is 19.2 Å². The molecule has 1 amide bonds. The summed E-state index contributed by atoms with van der Waals surface area (Å²) in [5, 5.41) is 22.3. The Bertz CT molecular complexity index is 465. The first-order chi connectivity index (χ1) is 9.48. The van der Waals surface area contributed by atoms with Gasteiger partial charge < -0.3 is 14.8 Å². The zero-order chi connectivity index (χ0) is 15.2. The highest BCUT2D eigenvalue weighted by atomic mass is 16.6. The van der Waals surface area contributed by atoms with Crippen molar-refractivity contribution in [3.8, 4) is 0 Å². The number of aliphatic hydroxyl groups excluding tert-OH is 1. The average Bonchev–Trinajstić information content (AvgIpc) is 2.93. The molecule has 112 valence electrons. The lowest BCUT2D eigenvalue weighted by atomic mass is 9.79. The third-order valence-corrected chi connectivity index (χ3v) is 3.76. The number of furan rings is 1. The van der Waals surface area contributed by atoms with Crippen molar-refractivity contribution in [3.63, 3.8) is 0 Å². The summed E-state index contributed by atoms with van der Waals surface area (Å²) < 4.78 is 4.84. The molecule has 0 saturated carbocycles. The maximum absolute atomic E-state index is 11.9. The van der Waals surface area contributed by atoms with E-state index in [2.05, 4.69) is 5.32 Å². The fourth-order valence-corrected chi connectivity index (χ4v) is 2.08. The monoisotopic (exact) mass is 284 g/mol.